The van der Waals surface area contributed by atoms with Crippen LogP contribution in [0, 0.1) is 31.6 Å². The number of anilines is 1. The van der Waals surface area contributed by atoms with Crippen LogP contribution in [0.5, 0.6) is 0 Å². The van der Waals surface area contributed by atoms with E-state index in [1.165, 1.54) is 4.90 Å². The predicted octanol–water partition coefficient (Wildman–Crippen LogP) is 3.23. The zero-order valence-corrected chi connectivity index (χ0v) is 26.6. The minimum Gasteiger partial charge on any atom is -0.460 e. The van der Waals surface area contributed by atoms with Gasteiger partial charge in [-0.2, -0.15) is 0 Å². The SMILES string of the molecule is C=CCCC(=O)NC[C@@H](C)OC(=O)[C@@H]1[C@@H]2CC[C@]3(O2)[C@H](C(=O)N(CC=C)c2cc(C)ccc2C)N([C@@H](CO)C(C)C)C(=O)[C@@H]13. The van der Waals surface area contributed by atoms with E-state index in [0.29, 0.717) is 31.4 Å². The molecular weight excluding hydrogens is 562 g/mol. The van der Waals surface area contributed by atoms with Gasteiger partial charge >= 0.3 is 5.97 Å². The fraction of sp³-hybridized carbons (Fsp3) is 0.588. The molecule has 44 heavy (non-hydrogen) atoms. The van der Waals surface area contributed by atoms with Crippen LogP contribution in [-0.2, 0) is 28.7 Å². The Morgan fingerprint density at radius 1 is 1.23 bits per heavy atom. The van der Waals surface area contributed by atoms with Gasteiger partial charge in [0.25, 0.3) is 5.91 Å². The number of carbonyl (C=O) groups excluding carboxylic acids is 4. The van der Waals surface area contributed by atoms with Crippen molar-refractivity contribution in [2.75, 3.05) is 24.6 Å². The molecule has 1 aromatic rings. The van der Waals surface area contributed by atoms with E-state index in [0.717, 1.165) is 11.1 Å². The summed E-state index contributed by atoms with van der Waals surface area (Å²) in [5, 5.41) is 13.2. The number of aliphatic hydroxyl groups excluding tert-OH is 1. The van der Waals surface area contributed by atoms with E-state index in [-0.39, 0.29) is 43.3 Å². The van der Waals surface area contributed by atoms with Crippen LogP contribution in [0.4, 0.5) is 5.69 Å². The number of benzene rings is 1. The molecule has 7 atom stereocenters. The second kappa shape index (κ2) is 13.6. The Morgan fingerprint density at radius 2 is 1.95 bits per heavy atom. The first-order valence-corrected chi connectivity index (χ1v) is 15.6. The van der Waals surface area contributed by atoms with Gasteiger partial charge in [0.2, 0.25) is 11.8 Å². The van der Waals surface area contributed by atoms with Gasteiger partial charge in [-0.1, -0.05) is 38.1 Å². The molecule has 1 spiro atoms. The quantitative estimate of drug-likeness (QED) is 0.245. The standard InChI is InChI=1S/C34H47N3O7/c1-8-10-11-27(39)35-18-23(7)43-33(42)28-26-14-15-34(44-26)29(28)31(40)37(25(19-38)20(3)4)30(34)32(41)36(16-9-2)24-17-21(5)12-13-22(24)6/h8-9,12-13,17,20,23,25-26,28-30,38H,1-2,10-11,14-16,18-19H2,3-7H3,(H,35,39)/t23-,25+,26+,28-,29-,30+,34-/m1/s1. The lowest BCUT2D eigenvalue weighted by atomic mass is 9.70. The molecule has 3 amide bonds. The Balaban J connectivity index is 1.68. The molecule has 3 saturated heterocycles. The lowest BCUT2D eigenvalue weighted by Gasteiger charge is -2.40. The molecule has 1 aromatic carbocycles. The Labute approximate surface area is 260 Å². The summed E-state index contributed by atoms with van der Waals surface area (Å²) in [6.07, 6.45) is 3.84. The summed E-state index contributed by atoms with van der Waals surface area (Å²) in [6, 6.07) is 4.14. The topological polar surface area (TPSA) is 125 Å². The number of esters is 1. The van der Waals surface area contributed by atoms with Crippen LogP contribution in [-0.4, -0.2) is 83.3 Å². The van der Waals surface area contributed by atoms with E-state index in [2.05, 4.69) is 18.5 Å². The van der Waals surface area contributed by atoms with Gasteiger partial charge in [0, 0.05) is 18.7 Å². The van der Waals surface area contributed by atoms with Crippen molar-refractivity contribution in [2.45, 2.75) is 90.2 Å². The van der Waals surface area contributed by atoms with Crippen LogP contribution in [0.2, 0.25) is 0 Å². The fourth-order valence-corrected chi connectivity index (χ4v) is 7.11. The number of hydrogen-bond donors (Lipinski definition) is 2. The van der Waals surface area contributed by atoms with E-state index in [9.17, 15) is 24.3 Å². The molecule has 3 aliphatic rings. The highest BCUT2D eigenvalue weighted by atomic mass is 16.6. The number of fused-ring (bicyclic) bond motifs is 1. The van der Waals surface area contributed by atoms with Gasteiger partial charge in [-0.15, -0.1) is 13.2 Å². The maximum atomic E-state index is 14.8. The highest BCUT2D eigenvalue weighted by molar-refractivity contribution is 6.05. The van der Waals surface area contributed by atoms with Crippen molar-refractivity contribution in [3.8, 4) is 0 Å². The molecule has 4 rings (SSSR count). The maximum absolute atomic E-state index is 14.8. The minimum atomic E-state index is -1.25. The molecule has 3 fully saturated rings. The van der Waals surface area contributed by atoms with E-state index >= 15 is 0 Å². The number of hydrogen-bond acceptors (Lipinski definition) is 7. The third-order valence-electron chi connectivity index (χ3n) is 9.27. The monoisotopic (exact) mass is 609 g/mol. The molecule has 10 heteroatoms. The second-order valence-corrected chi connectivity index (χ2v) is 12.7. The third kappa shape index (κ3) is 6.06. The van der Waals surface area contributed by atoms with Gasteiger partial charge in [0.1, 0.15) is 17.7 Å². The smallest absolute Gasteiger partial charge is 0.312 e. The first kappa shape index (κ1) is 33.4. The number of ether oxygens (including phenoxy) is 2. The van der Waals surface area contributed by atoms with Crippen LogP contribution < -0.4 is 10.2 Å². The minimum absolute atomic E-state index is 0.128. The van der Waals surface area contributed by atoms with Gasteiger partial charge in [0.15, 0.2) is 0 Å². The molecular formula is C34H47N3O7. The number of carbonyl (C=O) groups is 4. The van der Waals surface area contributed by atoms with Gasteiger partial charge in [-0.25, -0.2) is 0 Å². The average molecular weight is 610 g/mol. The van der Waals surface area contributed by atoms with Crippen LogP contribution in [0.1, 0.15) is 57.6 Å². The Kier molecular flexibility index (Phi) is 10.4. The molecule has 3 heterocycles. The number of amides is 3. The lowest BCUT2D eigenvalue weighted by molar-refractivity contribution is -0.160. The molecule has 0 aromatic heterocycles. The third-order valence-corrected chi connectivity index (χ3v) is 9.27. The lowest BCUT2D eigenvalue weighted by Crippen LogP contribution is -2.60. The zero-order chi connectivity index (χ0) is 32.3. The summed E-state index contributed by atoms with van der Waals surface area (Å²) < 4.78 is 12.3. The number of likely N-dealkylation sites (tertiary alicyclic amines) is 1. The highest BCUT2D eigenvalue weighted by Crippen LogP contribution is 2.59. The van der Waals surface area contributed by atoms with Crippen molar-refractivity contribution in [1.29, 1.82) is 0 Å². The molecule has 0 aliphatic carbocycles. The number of allylic oxidation sites excluding steroid dienone is 1. The predicted molar refractivity (Wildman–Crippen MR) is 167 cm³/mol. The van der Waals surface area contributed by atoms with Gasteiger partial charge in [-0.3, -0.25) is 19.2 Å². The van der Waals surface area contributed by atoms with Gasteiger partial charge < -0.3 is 29.7 Å². The summed E-state index contributed by atoms with van der Waals surface area (Å²) in [5.41, 5.74) is 1.33. The molecule has 0 unspecified atom stereocenters. The molecule has 240 valence electrons. The van der Waals surface area contributed by atoms with Crippen molar-refractivity contribution < 1.29 is 33.8 Å². The summed E-state index contributed by atoms with van der Waals surface area (Å²) >= 11 is 0. The summed E-state index contributed by atoms with van der Waals surface area (Å²) in [7, 11) is 0. The summed E-state index contributed by atoms with van der Waals surface area (Å²) in [5.74, 6) is -3.49. The second-order valence-electron chi connectivity index (χ2n) is 12.7. The van der Waals surface area contributed by atoms with Crippen molar-refractivity contribution >= 4 is 29.4 Å². The van der Waals surface area contributed by atoms with E-state index in [1.807, 2.05) is 45.9 Å². The average Bonchev–Trinajstić information content (AvgIpc) is 3.62. The molecule has 10 nitrogen and oxygen atoms in total. The van der Waals surface area contributed by atoms with Gasteiger partial charge in [-0.05, 0) is 63.1 Å². The maximum Gasteiger partial charge on any atom is 0.312 e. The number of aryl methyl sites for hydroxylation is 2. The number of rotatable bonds is 14. The number of aliphatic hydroxyl groups is 1. The first-order chi connectivity index (χ1) is 20.9. The Bertz CT molecular complexity index is 1300. The number of nitrogens with zero attached hydrogens (tertiary/aromatic N) is 2. The summed E-state index contributed by atoms with van der Waals surface area (Å²) in [4.78, 5) is 58.0. The fourth-order valence-electron chi connectivity index (χ4n) is 7.11. The molecule has 0 radical (unpaired) electrons. The Hall–Kier alpha value is -3.50. The van der Waals surface area contributed by atoms with Crippen LogP contribution in [0.3, 0.4) is 0 Å². The zero-order valence-electron chi connectivity index (χ0n) is 26.6. The molecule has 2 bridgehead atoms. The van der Waals surface area contributed by atoms with Crippen molar-refractivity contribution in [3.63, 3.8) is 0 Å². The first-order valence-electron chi connectivity index (χ1n) is 15.6. The highest BCUT2D eigenvalue weighted by Gasteiger charge is 2.76. The summed E-state index contributed by atoms with van der Waals surface area (Å²) in [6.45, 7) is 16.8. The van der Waals surface area contributed by atoms with E-state index in [1.54, 1.807) is 24.0 Å². The Morgan fingerprint density at radius 3 is 2.59 bits per heavy atom. The number of nitrogens with one attached hydrogen (secondary N) is 1. The molecule has 3 aliphatic heterocycles. The van der Waals surface area contributed by atoms with E-state index in [4.69, 9.17) is 9.47 Å². The van der Waals surface area contributed by atoms with Gasteiger partial charge in [0.05, 0.1) is 37.1 Å². The normalized spacial score (nSPS) is 26.7. The van der Waals surface area contributed by atoms with Crippen molar-refractivity contribution in [3.05, 3.63) is 54.6 Å². The van der Waals surface area contributed by atoms with Crippen LogP contribution >= 0.6 is 0 Å². The largest absolute Gasteiger partial charge is 0.460 e. The molecule has 0 saturated carbocycles. The van der Waals surface area contributed by atoms with Crippen molar-refractivity contribution in [2.24, 2.45) is 17.8 Å². The van der Waals surface area contributed by atoms with Crippen LogP contribution in [0.25, 0.3) is 0 Å². The van der Waals surface area contributed by atoms with Crippen molar-refractivity contribution in [1.82, 2.24) is 10.2 Å². The molecule has 2 N–H and O–H groups in total. The van der Waals surface area contributed by atoms with Crippen LogP contribution in [0.15, 0.2) is 43.5 Å². The van der Waals surface area contributed by atoms with E-state index < -0.39 is 47.7 Å².